The third-order valence-electron chi connectivity index (χ3n) is 2.76. The smallest absolute Gasteiger partial charge is 0.324 e. The van der Waals surface area contributed by atoms with Gasteiger partial charge in [-0.15, -0.1) is 23.7 Å². The van der Waals surface area contributed by atoms with Crippen LogP contribution in [0, 0.1) is 0 Å². The molecule has 2 rings (SSSR count). The summed E-state index contributed by atoms with van der Waals surface area (Å²) < 4.78 is 1.05. The fraction of sp³-hybridized carbons (Fsp3) is 0.500. The van der Waals surface area contributed by atoms with Crippen LogP contribution in [-0.4, -0.2) is 23.2 Å². The van der Waals surface area contributed by atoms with Crippen molar-refractivity contribution in [2.45, 2.75) is 24.8 Å². The minimum atomic E-state index is -0.732. The van der Waals surface area contributed by atoms with Crippen molar-refractivity contribution in [2.24, 2.45) is 0 Å². The molecule has 0 amide bonds. The Morgan fingerprint density at radius 2 is 2.38 bits per heavy atom. The van der Waals surface area contributed by atoms with Gasteiger partial charge < -0.3 is 10.4 Å². The number of halogens is 2. The first-order chi connectivity index (χ1) is 7.12. The lowest BCUT2D eigenvalue weighted by Gasteiger charge is -2.23. The molecule has 0 aromatic carbocycles. The summed E-state index contributed by atoms with van der Waals surface area (Å²) in [6, 6.07) is 3.95. The summed E-state index contributed by atoms with van der Waals surface area (Å²) in [4.78, 5) is 12.4. The normalized spacial score (nSPS) is 24.1. The third-order valence-corrected chi connectivity index (χ3v) is 4.38. The van der Waals surface area contributed by atoms with Gasteiger partial charge in [0.15, 0.2) is 0 Å². The second-order valence-corrected chi connectivity index (χ2v) is 6.35. The van der Waals surface area contributed by atoms with Crippen molar-refractivity contribution in [1.29, 1.82) is 0 Å². The Labute approximate surface area is 113 Å². The van der Waals surface area contributed by atoms with E-state index in [1.807, 2.05) is 12.1 Å². The molecule has 0 spiro atoms. The Bertz CT molecular complexity index is 377. The fourth-order valence-corrected chi connectivity index (χ4v) is 3.56. The zero-order valence-corrected chi connectivity index (χ0v) is 11.8. The van der Waals surface area contributed by atoms with E-state index in [-0.39, 0.29) is 12.4 Å². The van der Waals surface area contributed by atoms with Crippen LogP contribution in [0.3, 0.4) is 0 Å². The Kier molecular flexibility index (Phi) is 4.79. The van der Waals surface area contributed by atoms with Gasteiger partial charge in [-0.25, -0.2) is 0 Å². The average Bonchev–Trinajstić information content (AvgIpc) is 2.77. The number of hydrogen-bond donors (Lipinski definition) is 2. The highest BCUT2D eigenvalue weighted by Crippen LogP contribution is 2.29. The first-order valence-corrected chi connectivity index (χ1v) is 6.46. The molecule has 1 aromatic rings. The number of thiophene rings is 1. The van der Waals surface area contributed by atoms with Gasteiger partial charge in [-0.1, -0.05) is 0 Å². The molecule has 3 nitrogen and oxygen atoms in total. The van der Waals surface area contributed by atoms with Gasteiger partial charge in [0.2, 0.25) is 0 Å². The molecular formula is C10H13BrClNO2S. The highest BCUT2D eigenvalue weighted by Gasteiger charge is 2.41. The molecule has 1 aliphatic heterocycles. The Morgan fingerprint density at radius 3 is 2.81 bits per heavy atom. The molecule has 1 fully saturated rings. The maximum atomic E-state index is 11.3. The number of nitrogens with one attached hydrogen (secondary N) is 1. The lowest BCUT2D eigenvalue weighted by Crippen LogP contribution is -2.49. The number of rotatable bonds is 3. The summed E-state index contributed by atoms with van der Waals surface area (Å²) in [5.41, 5.74) is -0.732. The zero-order valence-electron chi connectivity index (χ0n) is 8.53. The SMILES string of the molecule is Cl.O=C(O)C1(Cc2ccc(Br)s2)CCCN1. The van der Waals surface area contributed by atoms with Gasteiger partial charge in [0, 0.05) is 11.3 Å². The molecule has 2 heterocycles. The molecule has 1 aromatic heterocycles. The quantitative estimate of drug-likeness (QED) is 0.898. The number of carboxylic acid groups (broad SMARTS) is 1. The molecule has 16 heavy (non-hydrogen) atoms. The predicted molar refractivity (Wildman–Crippen MR) is 70.6 cm³/mol. The summed E-state index contributed by atoms with van der Waals surface area (Å²) in [7, 11) is 0. The van der Waals surface area contributed by atoms with E-state index in [0.29, 0.717) is 6.42 Å². The molecule has 0 saturated carbocycles. The van der Waals surface area contributed by atoms with Gasteiger partial charge in [0.25, 0.3) is 0 Å². The minimum Gasteiger partial charge on any atom is -0.480 e. The van der Waals surface area contributed by atoms with Crippen molar-refractivity contribution in [2.75, 3.05) is 6.54 Å². The second kappa shape index (κ2) is 5.49. The summed E-state index contributed by atoms with van der Waals surface area (Å²) in [5.74, 6) is -0.732. The molecular weight excluding hydrogens is 314 g/mol. The molecule has 1 atom stereocenters. The summed E-state index contributed by atoms with van der Waals surface area (Å²) >= 11 is 4.99. The van der Waals surface area contributed by atoms with Crippen LogP contribution in [0.15, 0.2) is 15.9 Å². The van der Waals surface area contributed by atoms with Gasteiger partial charge in [-0.05, 0) is 47.4 Å². The molecule has 0 radical (unpaired) electrons. The highest BCUT2D eigenvalue weighted by atomic mass is 79.9. The maximum Gasteiger partial charge on any atom is 0.324 e. The van der Waals surface area contributed by atoms with E-state index in [2.05, 4.69) is 21.2 Å². The van der Waals surface area contributed by atoms with Crippen LogP contribution in [-0.2, 0) is 11.2 Å². The topological polar surface area (TPSA) is 49.3 Å². The zero-order chi connectivity index (χ0) is 10.9. The molecule has 1 saturated heterocycles. The number of carbonyl (C=O) groups is 1. The van der Waals surface area contributed by atoms with Gasteiger partial charge in [0.1, 0.15) is 5.54 Å². The van der Waals surface area contributed by atoms with Crippen molar-refractivity contribution in [3.8, 4) is 0 Å². The maximum absolute atomic E-state index is 11.3. The van der Waals surface area contributed by atoms with Crippen LogP contribution in [0.4, 0.5) is 0 Å². The largest absolute Gasteiger partial charge is 0.480 e. The van der Waals surface area contributed by atoms with Gasteiger partial charge in [0.05, 0.1) is 3.79 Å². The fourth-order valence-electron chi connectivity index (χ4n) is 1.96. The average molecular weight is 327 g/mol. The standard InChI is InChI=1S/C10H12BrNO2S.ClH/c11-8-3-2-7(15-8)6-10(9(13)14)4-1-5-12-10;/h2-3,12H,1,4-6H2,(H,13,14);1H. The van der Waals surface area contributed by atoms with E-state index >= 15 is 0 Å². The summed E-state index contributed by atoms with van der Waals surface area (Å²) in [5, 5.41) is 12.4. The van der Waals surface area contributed by atoms with Crippen LogP contribution < -0.4 is 5.32 Å². The van der Waals surface area contributed by atoms with Crippen LogP contribution in [0.1, 0.15) is 17.7 Å². The van der Waals surface area contributed by atoms with Crippen molar-refractivity contribution >= 4 is 45.6 Å². The van der Waals surface area contributed by atoms with E-state index < -0.39 is 11.5 Å². The van der Waals surface area contributed by atoms with E-state index in [1.54, 1.807) is 11.3 Å². The van der Waals surface area contributed by atoms with Gasteiger partial charge >= 0.3 is 5.97 Å². The monoisotopic (exact) mass is 325 g/mol. The molecule has 90 valence electrons. The Morgan fingerprint density at radius 1 is 1.62 bits per heavy atom. The molecule has 0 aliphatic carbocycles. The van der Waals surface area contributed by atoms with Crippen LogP contribution in [0.25, 0.3) is 0 Å². The predicted octanol–water partition coefficient (Wildman–Crippen LogP) is 2.68. The second-order valence-electron chi connectivity index (χ2n) is 3.80. The van der Waals surface area contributed by atoms with E-state index in [1.165, 1.54) is 0 Å². The van der Waals surface area contributed by atoms with Crippen molar-refractivity contribution in [3.05, 3.63) is 20.8 Å². The van der Waals surface area contributed by atoms with Crippen LogP contribution in [0.5, 0.6) is 0 Å². The van der Waals surface area contributed by atoms with Crippen molar-refractivity contribution < 1.29 is 9.90 Å². The van der Waals surface area contributed by atoms with Crippen molar-refractivity contribution in [1.82, 2.24) is 5.32 Å². The van der Waals surface area contributed by atoms with E-state index in [4.69, 9.17) is 0 Å². The summed E-state index contributed by atoms with van der Waals surface area (Å²) in [6.45, 7) is 0.804. The molecule has 2 N–H and O–H groups in total. The van der Waals surface area contributed by atoms with Crippen LogP contribution in [0.2, 0.25) is 0 Å². The van der Waals surface area contributed by atoms with Gasteiger partial charge in [-0.2, -0.15) is 0 Å². The lowest BCUT2D eigenvalue weighted by atomic mass is 9.93. The first-order valence-electron chi connectivity index (χ1n) is 4.85. The molecule has 1 unspecified atom stereocenters. The number of carboxylic acids is 1. The highest BCUT2D eigenvalue weighted by molar-refractivity contribution is 9.11. The third kappa shape index (κ3) is 2.77. The van der Waals surface area contributed by atoms with E-state index in [0.717, 1.165) is 28.0 Å². The Hall–Kier alpha value is -0.100. The first kappa shape index (κ1) is 14.0. The van der Waals surface area contributed by atoms with Crippen LogP contribution >= 0.6 is 39.7 Å². The Balaban J connectivity index is 0.00000128. The van der Waals surface area contributed by atoms with E-state index in [9.17, 15) is 9.90 Å². The molecule has 6 heteroatoms. The number of aliphatic carboxylic acids is 1. The summed E-state index contributed by atoms with van der Waals surface area (Å²) in [6.07, 6.45) is 2.25. The van der Waals surface area contributed by atoms with Gasteiger partial charge in [-0.3, -0.25) is 4.79 Å². The number of hydrogen-bond acceptors (Lipinski definition) is 3. The lowest BCUT2D eigenvalue weighted by molar-refractivity contribution is -0.144. The van der Waals surface area contributed by atoms with Crippen molar-refractivity contribution in [3.63, 3.8) is 0 Å². The minimum absolute atomic E-state index is 0. The molecule has 1 aliphatic rings. The molecule has 0 bridgehead atoms.